The normalized spacial score (nSPS) is 14.2. The van der Waals surface area contributed by atoms with E-state index in [4.69, 9.17) is 14.2 Å². The Labute approximate surface area is 145 Å². The lowest BCUT2D eigenvalue weighted by Gasteiger charge is -2.04. The van der Waals surface area contributed by atoms with Crippen molar-refractivity contribution in [3.8, 4) is 17.2 Å². The molecular weight excluding hydrogens is 320 g/mol. The summed E-state index contributed by atoms with van der Waals surface area (Å²) in [4.78, 5) is 23.7. The number of ketones is 1. The monoisotopic (exact) mass is 338 g/mol. The van der Waals surface area contributed by atoms with E-state index in [-0.39, 0.29) is 17.5 Å². The van der Waals surface area contributed by atoms with Crippen LogP contribution >= 0.6 is 0 Å². The molecule has 128 valence electrons. The van der Waals surface area contributed by atoms with Gasteiger partial charge in [0.05, 0.1) is 12.2 Å². The summed E-state index contributed by atoms with van der Waals surface area (Å²) >= 11 is 0. The van der Waals surface area contributed by atoms with Crippen molar-refractivity contribution in [2.45, 2.75) is 20.3 Å². The third-order valence-corrected chi connectivity index (χ3v) is 3.65. The molecule has 0 amide bonds. The van der Waals surface area contributed by atoms with E-state index in [0.29, 0.717) is 35.8 Å². The second-order valence-corrected chi connectivity index (χ2v) is 5.43. The molecule has 2 aromatic carbocycles. The van der Waals surface area contributed by atoms with Crippen LogP contribution in [0, 0.1) is 0 Å². The topological polar surface area (TPSA) is 61.8 Å². The molecular formula is C20H18O5. The number of benzene rings is 2. The summed E-state index contributed by atoms with van der Waals surface area (Å²) in [6, 6.07) is 12.1. The summed E-state index contributed by atoms with van der Waals surface area (Å²) in [6.07, 6.45) is 1.98. The highest BCUT2D eigenvalue weighted by Crippen LogP contribution is 2.35. The van der Waals surface area contributed by atoms with Crippen molar-refractivity contribution >= 4 is 17.8 Å². The third kappa shape index (κ3) is 3.71. The molecule has 2 aromatic rings. The number of rotatable bonds is 5. The molecule has 0 N–H and O–H groups in total. The quantitative estimate of drug-likeness (QED) is 0.468. The van der Waals surface area contributed by atoms with Gasteiger partial charge in [-0.1, -0.05) is 19.1 Å². The molecule has 0 radical (unpaired) electrons. The summed E-state index contributed by atoms with van der Waals surface area (Å²) in [5.41, 5.74) is 1.29. The van der Waals surface area contributed by atoms with Crippen LogP contribution in [-0.2, 0) is 4.79 Å². The van der Waals surface area contributed by atoms with Crippen LogP contribution in [0.15, 0.2) is 48.2 Å². The maximum absolute atomic E-state index is 12.4. The van der Waals surface area contributed by atoms with E-state index in [0.717, 1.165) is 5.56 Å². The highest BCUT2D eigenvalue weighted by atomic mass is 16.5. The molecule has 0 saturated heterocycles. The molecule has 0 aromatic heterocycles. The first-order valence-corrected chi connectivity index (χ1v) is 8.12. The van der Waals surface area contributed by atoms with Crippen LogP contribution in [0.4, 0.5) is 0 Å². The van der Waals surface area contributed by atoms with E-state index < -0.39 is 0 Å². The van der Waals surface area contributed by atoms with Crippen molar-refractivity contribution in [1.82, 2.24) is 0 Å². The molecule has 0 bridgehead atoms. The van der Waals surface area contributed by atoms with Crippen molar-refractivity contribution in [3.63, 3.8) is 0 Å². The van der Waals surface area contributed by atoms with Gasteiger partial charge in [-0.05, 0) is 42.8 Å². The van der Waals surface area contributed by atoms with Gasteiger partial charge in [0.2, 0.25) is 5.78 Å². The van der Waals surface area contributed by atoms with E-state index in [1.54, 1.807) is 55.5 Å². The van der Waals surface area contributed by atoms with Gasteiger partial charge in [0.25, 0.3) is 0 Å². The molecule has 1 aliphatic heterocycles. The van der Waals surface area contributed by atoms with Crippen LogP contribution in [0.1, 0.15) is 36.2 Å². The van der Waals surface area contributed by atoms with Gasteiger partial charge in [0, 0.05) is 12.5 Å². The molecule has 5 nitrogen and oxygen atoms in total. The largest absolute Gasteiger partial charge is 0.494 e. The summed E-state index contributed by atoms with van der Waals surface area (Å²) in [6.45, 7) is 4.18. The lowest BCUT2D eigenvalue weighted by Crippen LogP contribution is -2.05. The molecule has 5 heteroatoms. The third-order valence-electron chi connectivity index (χ3n) is 3.65. The average Bonchev–Trinajstić information content (AvgIpc) is 2.92. The summed E-state index contributed by atoms with van der Waals surface area (Å²) in [7, 11) is 0. The standard InChI is InChI=1S/C20H18O5/c1-3-19(21)24-14-7-5-13(6-8-14)11-18-20(22)16-10-9-15(23-4-2)12-17(16)25-18/h5-12H,3-4H2,1-2H3/b18-11-. The Morgan fingerprint density at radius 2 is 1.80 bits per heavy atom. The number of Topliss-reactive ketones (excluding diaryl/α,β-unsaturated/α-hetero) is 1. The van der Waals surface area contributed by atoms with Crippen molar-refractivity contribution in [3.05, 3.63) is 59.4 Å². The molecule has 3 rings (SSSR count). The van der Waals surface area contributed by atoms with Gasteiger partial charge in [0.15, 0.2) is 5.76 Å². The van der Waals surface area contributed by atoms with Gasteiger partial charge < -0.3 is 14.2 Å². The fourth-order valence-corrected chi connectivity index (χ4v) is 2.41. The van der Waals surface area contributed by atoms with Crippen LogP contribution in [-0.4, -0.2) is 18.4 Å². The molecule has 0 atom stereocenters. The van der Waals surface area contributed by atoms with Crippen LogP contribution in [0.5, 0.6) is 17.2 Å². The molecule has 1 aliphatic rings. The molecule has 0 fully saturated rings. The number of esters is 1. The molecule has 25 heavy (non-hydrogen) atoms. The molecule has 0 saturated carbocycles. The zero-order valence-corrected chi connectivity index (χ0v) is 14.1. The number of hydrogen-bond acceptors (Lipinski definition) is 5. The van der Waals surface area contributed by atoms with E-state index >= 15 is 0 Å². The van der Waals surface area contributed by atoms with Gasteiger partial charge in [-0.3, -0.25) is 9.59 Å². The smallest absolute Gasteiger partial charge is 0.310 e. The summed E-state index contributed by atoms with van der Waals surface area (Å²) in [5.74, 6) is 1.42. The lowest BCUT2D eigenvalue weighted by molar-refractivity contribution is -0.134. The summed E-state index contributed by atoms with van der Waals surface area (Å²) < 4.78 is 16.2. The zero-order chi connectivity index (χ0) is 17.8. The first-order valence-electron chi connectivity index (χ1n) is 8.12. The van der Waals surface area contributed by atoms with E-state index in [2.05, 4.69) is 0 Å². The highest BCUT2D eigenvalue weighted by Gasteiger charge is 2.27. The van der Waals surface area contributed by atoms with Crippen molar-refractivity contribution in [2.75, 3.05) is 6.61 Å². The van der Waals surface area contributed by atoms with Gasteiger partial charge in [-0.25, -0.2) is 0 Å². The number of hydrogen-bond donors (Lipinski definition) is 0. The van der Waals surface area contributed by atoms with E-state index in [9.17, 15) is 9.59 Å². The van der Waals surface area contributed by atoms with Crippen molar-refractivity contribution in [1.29, 1.82) is 0 Å². The second kappa shape index (κ2) is 7.21. The van der Waals surface area contributed by atoms with Crippen molar-refractivity contribution in [2.24, 2.45) is 0 Å². The Morgan fingerprint density at radius 3 is 2.48 bits per heavy atom. The van der Waals surface area contributed by atoms with Gasteiger partial charge >= 0.3 is 5.97 Å². The fraction of sp³-hybridized carbons (Fsp3) is 0.200. The van der Waals surface area contributed by atoms with E-state index in [1.807, 2.05) is 6.92 Å². The van der Waals surface area contributed by atoms with Gasteiger partial charge in [-0.15, -0.1) is 0 Å². The Morgan fingerprint density at radius 1 is 1.08 bits per heavy atom. The average molecular weight is 338 g/mol. The number of fused-ring (bicyclic) bond motifs is 1. The predicted molar refractivity (Wildman–Crippen MR) is 92.9 cm³/mol. The first-order chi connectivity index (χ1) is 12.1. The number of carbonyl (C=O) groups is 2. The zero-order valence-electron chi connectivity index (χ0n) is 14.1. The minimum absolute atomic E-state index is 0.167. The number of ether oxygens (including phenoxy) is 3. The van der Waals surface area contributed by atoms with Crippen LogP contribution in [0.2, 0.25) is 0 Å². The van der Waals surface area contributed by atoms with E-state index in [1.165, 1.54) is 0 Å². The Bertz CT molecular complexity index is 834. The van der Waals surface area contributed by atoms with Crippen LogP contribution in [0.25, 0.3) is 6.08 Å². The SMILES string of the molecule is CCOc1ccc2c(c1)O/C(=C\c1ccc(OC(=O)CC)cc1)C2=O. The second-order valence-electron chi connectivity index (χ2n) is 5.43. The maximum atomic E-state index is 12.4. The minimum atomic E-state index is -0.291. The fourth-order valence-electron chi connectivity index (χ4n) is 2.41. The van der Waals surface area contributed by atoms with Crippen molar-refractivity contribution < 1.29 is 23.8 Å². The molecule has 0 spiro atoms. The first kappa shape index (κ1) is 16.8. The van der Waals surface area contributed by atoms with Gasteiger partial charge in [-0.2, -0.15) is 0 Å². The van der Waals surface area contributed by atoms with Crippen LogP contribution < -0.4 is 14.2 Å². The molecule has 0 unspecified atom stereocenters. The maximum Gasteiger partial charge on any atom is 0.310 e. The molecule has 1 heterocycles. The Hall–Kier alpha value is -3.08. The minimum Gasteiger partial charge on any atom is -0.494 e. The Balaban J connectivity index is 1.78. The predicted octanol–water partition coefficient (Wildman–Crippen LogP) is 4.02. The summed E-state index contributed by atoms with van der Waals surface area (Å²) in [5, 5.41) is 0. The lowest BCUT2D eigenvalue weighted by atomic mass is 10.1. The van der Waals surface area contributed by atoms with Gasteiger partial charge in [0.1, 0.15) is 17.2 Å². The number of allylic oxidation sites excluding steroid dienone is 1. The highest BCUT2D eigenvalue weighted by molar-refractivity contribution is 6.14. The Kier molecular flexibility index (Phi) is 4.84. The molecule has 0 aliphatic carbocycles. The number of carbonyl (C=O) groups excluding carboxylic acids is 2. The van der Waals surface area contributed by atoms with Crippen LogP contribution in [0.3, 0.4) is 0 Å².